The van der Waals surface area contributed by atoms with Crippen LogP contribution in [-0.2, 0) is 11.3 Å². The van der Waals surface area contributed by atoms with E-state index in [1.807, 2.05) is 18.2 Å². The second kappa shape index (κ2) is 5.83. The molecule has 0 unspecified atom stereocenters. The fourth-order valence-electron chi connectivity index (χ4n) is 1.63. The summed E-state index contributed by atoms with van der Waals surface area (Å²) in [5, 5.41) is 14.4. The predicted octanol–water partition coefficient (Wildman–Crippen LogP) is 2.22. The molecular weight excluding hydrogens is 328 g/mol. The van der Waals surface area contributed by atoms with Gasteiger partial charge in [0, 0.05) is 12.7 Å². The van der Waals surface area contributed by atoms with Gasteiger partial charge in [-0.05, 0) is 33.0 Å². The van der Waals surface area contributed by atoms with E-state index in [0.29, 0.717) is 0 Å². The molecule has 0 saturated carbocycles. The van der Waals surface area contributed by atoms with E-state index in [1.165, 1.54) is 15.8 Å². The van der Waals surface area contributed by atoms with Crippen molar-refractivity contribution in [2.45, 2.75) is 6.54 Å². The highest BCUT2D eigenvalue weighted by molar-refractivity contribution is 9.10. The van der Waals surface area contributed by atoms with Gasteiger partial charge in [0.15, 0.2) is 0 Å². The molecule has 1 heterocycles. The van der Waals surface area contributed by atoms with E-state index in [-0.39, 0.29) is 22.7 Å². The van der Waals surface area contributed by atoms with Gasteiger partial charge in [-0.1, -0.05) is 18.2 Å². The van der Waals surface area contributed by atoms with E-state index >= 15 is 0 Å². The smallest absolute Gasteiger partial charge is 0.358 e. The molecule has 0 saturated heterocycles. The molecule has 2 rings (SSSR count). The number of likely N-dealkylation sites (N-methyl/N-ethyl adjacent to an activating group) is 1. The van der Waals surface area contributed by atoms with Crippen LogP contribution >= 0.6 is 15.9 Å². The van der Waals surface area contributed by atoms with Crippen LogP contribution < -0.4 is 4.90 Å². The third-order valence-electron chi connectivity index (χ3n) is 2.69. The van der Waals surface area contributed by atoms with Gasteiger partial charge >= 0.3 is 5.82 Å². The van der Waals surface area contributed by atoms with Crippen molar-refractivity contribution in [1.82, 2.24) is 9.78 Å². The number of hydrogen-bond acceptors (Lipinski definition) is 4. The zero-order chi connectivity index (χ0) is 14.7. The molecule has 7 nitrogen and oxygen atoms in total. The third-order valence-corrected chi connectivity index (χ3v) is 3.25. The Morgan fingerprint density at radius 1 is 1.45 bits per heavy atom. The van der Waals surface area contributed by atoms with Crippen LogP contribution in [0.5, 0.6) is 0 Å². The molecule has 0 aliphatic heterocycles. The zero-order valence-corrected chi connectivity index (χ0v) is 12.1. The van der Waals surface area contributed by atoms with Gasteiger partial charge in [0.2, 0.25) is 0 Å². The summed E-state index contributed by atoms with van der Waals surface area (Å²) in [4.78, 5) is 23.6. The number of hydrogen-bond donors (Lipinski definition) is 0. The van der Waals surface area contributed by atoms with Gasteiger partial charge in [-0.2, -0.15) is 4.68 Å². The molecule has 0 spiro atoms. The van der Waals surface area contributed by atoms with E-state index < -0.39 is 4.92 Å². The van der Waals surface area contributed by atoms with Crippen LogP contribution in [0.4, 0.5) is 11.5 Å². The summed E-state index contributed by atoms with van der Waals surface area (Å²) in [6, 6.07) is 9.12. The number of carbonyl (C=O) groups excluding carboxylic acids is 1. The average molecular weight is 339 g/mol. The number of carbonyl (C=O) groups is 1. The van der Waals surface area contributed by atoms with Gasteiger partial charge in [0.1, 0.15) is 11.0 Å². The maximum absolute atomic E-state index is 12.1. The molecule has 0 atom stereocenters. The molecule has 0 radical (unpaired) electrons. The second-order valence-electron chi connectivity index (χ2n) is 4.04. The minimum atomic E-state index is -0.605. The molecule has 20 heavy (non-hydrogen) atoms. The summed E-state index contributed by atoms with van der Waals surface area (Å²) in [5.41, 5.74) is 0.748. The maximum Gasteiger partial charge on any atom is 0.404 e. The number of rotatable bonds is 4. The number of halogens is 1. The van der Waals surface area contributed by atoms with Crippen molar-refractivity contribution in [2.75, 3.05) is 11.9 Å². The van der Waals surface area contributed by atoms with E-state index in [1.54, 1.807) is 19.2 Å². The molecule has 0 aliphatic carbocycles. The summed E-state index contributed by atoms with van der Waals surface area (Å²) in [5.74, 6) is -0.527. The molecular formula is C12H11BrN4O3. The molecule has 0 fully saturated rings. The van der Waals surface area contributed by atoms with Crippen LogP contribution in [-0.4, -0.2) is 27.7 Å². The Balaban J connectivity index is 2.12. The SMILES string of the molecule is CN(C(=O)Cn1cc(Br)c([N+](=O)[O-])n1)c1ccccc1. The van der Waals surface area contributed by atoms with Crippen molar-refractivity contribution >= 4 is 33.3 Å². The first-order valence-electron chi connectivity index (χ1n) is 5.68. The van der Waals surface area contributed by atoms with E-state index in [4.69, 9.17) is 0 Å². The molecule has 0 N–H and O–H groups in total. The van der Waals surface area contributed by atoms with Gasteiger partial charge in [-0.25, -0.2) is 0 Å². The summed E-state index contributed by atoms with van der Waals surface area (Å²) in [7, 11) is 1.64. The number of anilines is 1. The molecule has 0 bridgehead atoms. The van der Waals surface area contributed by atoms with E-state index in [0.717, 1.165) is 5.69 Å². The molecule has 0 aliphatic rings. The Labute approximate surface area is 123 Å². The highest BCUT2D eigenvalue weighted by atomic mass is 79.9. The number of aromatic nitrogens is 2. The maximum atomic E-state index is 12.1. The highest BCUT2D eigenvalue weighted by Crippen LogP contribution is 2.22. The molecule has 2 aromatic rings. The van der Waals surface area contributed by atoms with Gasteiger partial charge < -0.3 is 15.0 Å². The fraction of sp³-hybridized carbons (Fsp3) is 0.167. The van der Waals surface area contributed by atoms with E-state index in [9.17, 15) is 14.9 Å². The fourth-order valence-corrected chi connectivity index (χ4v) is 2.09. The number of nitro groups is 1. The third kappa shape index (κ3) is 3.02. The quantitative estimate of drug-likeness (QED) is 0.632. The molecule has 8 heteroatoms. The first-order chi connectivity index (χ1) is 9.49. The van der Waals surface area contributed by atoms with Gasteiger partial charge in [0.25, 0.3) is 5.91 Å². The normalized spacial score (nSPS) is 10.3. The lowest BCUT2D eigenvalue weighted by atomic mass is 10.3. The monoisotopic (exact) mass is 338 g/mol. The van der Waals surface area contributed by atoms with Crippen molar-refractivity contribution in [1.29, 1.82) is 0 Å². The lowest BCUT2D eigenvalue weighted by Crippen LogP contribution is -2.30. The van der Waals surface area contributed by atoms with Crippen molar-refractivity contribution in [3.05, 3.63) is 51.1 Å². The lowest BCUT2D eigenvalue weighted by Gasteiger charge is -2.16. The van der Waals surface area contributed by atoms with Crippen LogP contribution in [0.25, 0.3) is 0 Å². The van der Waals surface area contributed by atoms with Crippen molar-refractivity contribution in [3.63, 3.8) is 0 Å². The minimum Gasteiger partial charge on any atom is -0.358 e. The minimum absolute atomic E-state index is 0.0716. The predicted molar refractivity (Wildman–Crippen MR) is 76.4 cm³/mol. The Morgan fingerprint density at radius 2 is 2.10 bits per heavy atom. The number of benzene rings is 1. The summed E-state index contributed by atoms with van der Waals surface area (Å²) >= 11 is 3.04. The molecule has 104 valence electrons. The van der Waals surface area contributed by atoms with Crippen molar-refractivity contribution in [3.8, 4) is 0 Å². The molecule has 1 aromatic carbocycles. The van der Waals surface area contributed by atoms with Crippen LogP contribution in [0.3, 0.4) is 0 Å². The second-order valence-corrected chi connectivity index (χ2v) is 4.90. The number of nitrogens with zero attached hydrogens (tertiary/aromatic N) is 4. The lowest BCUT2D eigenvalue weighted by molar-refractivity contribution is -0.390. The highest BCUT2D eigenvalue weighted by Gasteiger charge is 2.21. The molecule has 1 aromatic heterocycles. The Bertz CT molecular complexity index is 641. The first-order valence-corrected chi connectivity index (χ1v) is 6.47. The first kappa shape index (κ1) is 14.2. The van der Waals surface area contributed by atoms with Gasteiger partial charge in [0.05, 0.1) is 11.3 Å². The summed E-state index contributed by atoms with van der Waals surface area (Å²) in [6.07, 6.45) is 1.41. The number of amides is 1. The average Bonchev–Trinajstić information content (AvgIpc) is 2.79. The Morgan fingerprint density at radius 3 is 2.65 bits per heavy atom. The van der Waals surface area contributed by atoms with Gasteiger partial charge in [-0.3, -0.25) is 4.79 Å². The van der Waals surface area contributed by atoms with Crippen LogP contribution in [0.15, 0.2) is 41.0 Å². The summed E-state index contributed by atoms with van der Waals surface area (Å²) in [6.45, 7) is -0.0716. The van der Waals surface area contributed by atoms with Crippen LogP contribution in [0.2, 0.25) is 0 Å². The Hall–Kier alpha value is -2.22. The van der Waals surface area contributed by atoms with Crippen LogP contribution in [0.1, 0.15) is 0 Å². The van der Waals surface area contributed by atoms with Crippen molar-refractivity contribution in [2.24, 2.45) is 0 Å². The topological polar surface area (TPSA) is 81.3 Å². The van der Waals surface area contributed by atoms with Crippen molar-refractivity contribution < 1.29 is 9.72 Å². The summed E-state index contributed by atoms with van der Waals surface area (Å²) < 4.78 is 1.49. The standard InChI is InChI=1S/C12H11BrN4O3/c1-15(9-5-3-2-4-6-9)11(18)8-16-7-10(13)12(14-16)17(19)20/h2-7H,8H2,1H3. The molecule has 1 amide bonds. The Kier molecular flexibility index (Phi) is 4.14. The van der Waals surface area contributed by atoms with Crippen LogP contribution in [0, 0.1) is 10.1 Å². The van der Waals surface area contributed by atoms with Gasteiger partial charge in [-0.15, -0.1) is 0 Å². The largest absolute Gasteiger partial charge is 0.404 e. The number of para-hydroxylation sites is 1. The van der Waals surface area contributed by atoms with E-state index in [2.05, 4.69) is 21.0 Å². The zero-order valence-electron chi connectivity index (χ0n) is 10.6.